The molecule has 0 aliphatic rings. The fourth-order valence-corrected chi connectivity index (χ4v) is 2.66. The molecule has 0 fully saturated rings. The highest BCUT2D eigenvalue weighted by Gasteiger charge is 2.15. The van der Waals surface area contributed by atoms with Crippen molar-refractivity contribution in [2.24, 2.45) is 0 Å². The number of nitrogens with zero attached hydrogens (tertiary/aromatic N) is 2. The summed E-state index contributed by atoms with van der Waals surface area (Å²) in [5, 5.41) is 6.74. The Bertz CT molecular complexity index is 524. The van der Waals surface area contributed by atoms with Gasteiger partial charge in [-0.1, -0.05) is 6.92 Å². The SMILES string of the molecule is CCCNC(Cc1csc(C)n1)c1cnccc1N. The van der Waals surface area contributed by atoms with Crippen molar-refractivity contribution in [1.29, 1.82) is 0 Å². The molecule has 0 aromatic carbocycles. The lowest BCUT2D eigenvalue weighted by molar-refractivity contribution is 0.525. The van der Waals surface area contributed by atoms with Crippen LogP contribution >= 0.6 is 11.3 Å². The van der Waals surface area contributed by atoms with Crippen LogP contribution in [0.3, 0.4) is 0 Å². The summed E-state index contributed by atoms with van der Waals surface area (Å²) in [5.41, 5.74) is 9.01. The van der Waals surface area contributed by atoms with Crippen molar-refractivity contribution in [2.75, 3.05) is 12.3 Å². The summed E-state index contributed by atoms with van der Waals surface area (Å²) in [5.74, 6) is 0. The Morgan fingerprint density at radius 1 is 1.47 bits per heavy atom. The first-order chi connectivity index (χ1) is 9.20. The number of hydrogen-bond donors (Lipinski definition) is 2. The smallest absolute Gasteiger partial charge is 0.0897 e. The molecule has 0 radical (unpaired) electrons. The molecule has 0 amide bonds. The number of pyridine rings is 1. The van der Waals surface area contributed by atoms with Gasteiger partial charge in [0.2, 0.25) is 0 Å². The minimum Gasteiger partial charge on any atom is -0.398 e. The summed E-state index contributed by atoms with van der Waals surface area (Å²) < 4.78 is 0. The van der Waals surface area contributed by atoms with Crippen LogP contribution in [0, 0.1) is 6.92 Å². The van der Waals surface area contributed by atoms with Crippen molar-refractivity contribution in [3.8, 4) is 0 Å². The van der Waals surface area contributed by atoms with E-state index in [1.54, 1.807) is 17.5 Å². The van der Waals surface area contributed by atoms with E-state index in [0.717, 1.165) is 41.3 Å². The molecule has 0 saturated heterocycles. The second kappa shape index (κ2) is 6.63. The highest BCUT2D eigenvalue weighted by molar-refractivity contribution is 7.09. The number of hydrogen-bond acceptors (Lipinski definition) is 5. The number of aryl methyl sites for hydroxylation is 1. The van der Waals surface area contributed by atoms with Crippen molar-refractivity contribution in [2.45, 2.75) is 32.7 Å². The molecule has 0 aliphatic carbocycles. The standard InChI is InChI=1S/C14H20N4S/c1-3-5-17-14(7-11-9-19-10(2)18-11)12-8-16-6-4-13(12)15/h4,6,8-9,14,17H,3,5,7H2,1-2H3,(H2,15,16). The minimum atomic E-state index is 0.176. The van der Waals surface area contributed by atoms with Crippen LogP contribution in [0.4, 0.5) is 5.69 Å². The maximum Gasteiger partial charge on any atom is 0.0897 e. The average molecular weight is 276 g/mol. The van der Waals surface area contributed by atoms with Crippen molar-refractivity contribution < 1.29 is 0 Å². The van der Waals surface area contributed by atoms with Crippen LogP contribution in [0.5, 0.6) is 0 Å². The van der Waals surface area contributed by atoms with E-state index in [1.165, 1.54) is 0 Å². The Balaban J connectivity index is 2.18. The first-order valence-electron chi connectivity index (χ1n) is 6.54. The largest absolute Gasteiger partial charge is 0.398 e. The van der Waals surface area contributed by atoms with Crippen molar-refractivity contribution in [1.82, 2.24) is 15.3 Å². The number of nitrogen functional groups attached to an aromatic ring is 1. The zero-order chi connectivity index (χ0) is 13.7. The Kier molecular flexibility index (Phi) is 4.87. The molecule has 0 aliphatic heterocycles. The topological polar surface area (TPSA) is 63.8 Å². The first-order valence-corrected chi connectivity index (χ1v) is 7.42. The van der Waals surface area contributed by atoms with E-state index in [4.69, 9.17) is 5.73 Å². The van der Waals surface area contributed by atoms with Crippen LogP contribution in [0.25, 0.3) is 0 Å². The average Bonchev–Trinajstić information content (AvgIpc) is 2.81. The molecule has 102 valence electrons. The molecule has 2 heterocycles. The second-order valence-electron chi connectivity index (χ2n) is 4.57. The lowest BCUT2D eigenvalue weighted by atomic mass is 10.0. The Hall–Kier alpha value is -1.46. The molecule has 2 aromatic heterocycles. The van der Waals surface area contributed by atoms with E-state index in [9.17, 15) is 0 Å². The maximum absolute atomic E-state index is 6.05. The zero-order valence-electron chi connectivity index (χ0n) is 11.4. The van der Waals surface area contributed by atoms with Gasteiger partial charge in [0.05, 0.1) is 10.7 Å². The molecule has 1 unspecified atom stereocenters. The van der Waals surface area contributed by atoms with Gasteiger partial charge in [0.25, 0.3) is 0 Å². The Labute approximate surface area is 118 Å². The lowest BCUT2D eigenvalue weighted by Gasteiger charge is -2.19. The molecule has 2 rings (SSSR count). The Morgan fingerprint density at radius 3 is 2.95 bits per heavy atom. The minimum absolute atomic E-state index is 0.176. The van der Waals surface area contributed by atoms with Crippen molar-refractivity contribution in [3.05, 3.63) is 40.1 Å². The van der Waals surface area contributed by atoms with Gasteiger partial charge in [0, 0.05) is 41.5 Å². The van der Waals surface area contributed by atoms with E-state index in [0.29, 0.717) is 0 Å². The summed E-state index contributed by atoms with van der Waals surface area (Å²) in [6, 6.07) is 2.03. The summed E-state index contributed by atoms with van der Waals surface area (Å²) in [6.07, 6.45) is 5.51. The molecular weight excluding hydrogens is 256 g/mol. The normalized spacial score (nSPS) is 12.5. The molecule has 0 bridgehead atoms. The monoisotopic (exact) mass is 276 g/mol. The van der Waals surface area contributed by atoms with E-state index >= 15 is 0 Å². The third-order valence-corrected chi connectivity index (χ3v) is 3.81. The summed E-state index contributed by atoms with van der Waals surface area (Å²) in [6.45, 7) is 5.15. The molecular formula is C14H20N4S. The first kappa shape index (κ1) is 14.0. The van der Waals surface area contributed by atoms with E-state index in [2.05, 4.69) is 27.6 Å². The number of aromatic nitrogens is 2. The highest BCUT2D eigenvalue weighted by Crippen LogP contribution is 2.23. The number of nitrogens with two attached hydrogens (primary N) is 1. The molecule has 0 saturated carbocycles. The van der Waals surface area contributed by atoms with Crippen LogP contribution in [-0.2, 0) is 6.42 Å². The number of rotatable bonds is 6. The van der Waals surface area contributed by atoms with E-state index in [1.807, 2.05) is 19.2 Å². The third-order valence-electron chi connectivity index (χ3n) is 2.98. The number of nitrogens with one attached hydrogen (secondary N) is 1. The van der Waals surface area contributed by atoms with Crippen molar-refractivity contribution in [3.63, 3.8) is 0 Å². The molecule has 2 aromatic rings. The van der Waals surface area contributed by atoms with Crippen LogP contribution < -0.4 is 11.1 Å². The van der Waals surface area contributed by atoms with Gasteiger partial charge >= 0.3 is 0 Å². The third kappa shape index (κ3) is 3.75. The molecule has 1 atom stereocenters. The molecule has 5 heteroatoms. The quantitative estimate of drug-likeness (QED) is 0.851. The maximum atomic E-state index is 6.05. The number of anilines is 1. The van der Waals surface area contributed by atoms with Gasteiger partial charge < -0.3 is 11.1 Å². The van der Waals surface area contributed by atoms with Gasteiger partial charge in [-0.2, -0.15) is 0 Å². The predicted molar refractivity (Wildman–Crippen MR) is 80.2 cm³/mol. The summed E-state index contributed by atoms with van der Waals surface area (Å²) in [4.78, 5) is 8.71. The van der Waals surface area contributed by atoms with Gasteiger partial charge in [-0.3, -0.25) is 4.98 Å². The van der Waals surface area contributed by atoms with E-state index in [-0.39, 0.29) is 6.04 Å². The van der Waals surface area contributed by atoms with Gasteiger partial charge in [-0.15, -0.1) is 11.3 Å². The van der Waals surface area contributed by atoms with Gasteiger partial charge in [0.15, 0.2) is 0 Å². The predicted octanol–water partition coefficient (Wildman–Crippen LogP) is 2.71. The van der Waals surface area contributed by atoms with Gasteiger partial charge in [0.1, 0.15) is 0 Å². The van der Waals surface area contributed by atoms with Crippen LogP contribution in [0.15, 0.2) is 23.8 Å². The van der Waals surface area contributed by atoms with Crippen LogP contribution in [-0.4, -0.2) is 16.5 Å². The highest BCUT2D eigenvalue weighted by atomic mass is 32.1. The lowest BCUT2D eigenvalue weighted by Crippen LogP contribution is -2.25. The van der Waals surface area contributed by atoms with Crippen LogP contribution in [0.1, 0.15) is 35.7 Å². The summed E-state index contributed by atoms with van der Waals surface area (Å²) >= 11 is 1.68. The second-order valence-corrected chi connectivity index (χ2v) is 5.64. The van der Waals surface area contributed by atoms with Crippen molar-refractivity contribution >= 4 is 17.0 Å². The fraction of sp³-hybridized carbons (Fsp3) is 0.429. The fourth-order valence-electron chi connectivity index (χ4n) is 2.03. The summed E-state index contributed by atoms with van der Waals surface area (Å²) in [7, 11) is 0. The van der Waals surface area contributed by atoms with Gasteiger partial charge in [-0.25, -0.2) is 4.98 Å². The molecule has 0 spiro atoms. The Morgan fingerprint density at radius 2 is 2.32 bits per heavy atom. The van der Waals surface area contributed by atoms with Crippen LogP contribution in [0.2, 0.25) is 0 Å². The molecule has 4 nitrogen and oxygen atoms in total. The van der Waals surface area contributed by atoms with E-state index < -0.39 is 0 Å². The molecule has 3 N–H and O–H groups in total. The molecule has 19 heavy (non-hydrogen) atoms. The number of thiazole rings is 1. The van der Waals surface area contributed by atoms with Gasteiger partial charge in [-0.05, 0) is 26.0 Å². The zero-order valence-corrected chi connectivity index (χ0v) is 12.2.